The molecule has 0 aliphatic carbocycles. The highest BCUT2D eigenvalue weighted by Crippen LogP contribution is 2.14. The fraction of sp³-hybridized carbons (Fsp3) is 0.833. The van der Waals surface area contributed by atoms with E-state index in [0.29, 0.717) is 13.2 Å². The van der Waals surface area contributed by atoms with E-state index in [0.717, 1.165) is 12.8 Å². The lowest BCUT2D eigenvalue weighted by molar-refractivity contribution is -0.143. The van der Waals surface area contributed by atoms with Crippen molar-refractivity contribution in [3.63, 3.8) is 0 Å². The maximum Gasteiger partial charge on any atom is 0.252 e. The first-order valence-corrected chi connectivity index (χ1v) is 6.24. The highest BCUT2D eigenvalue weighted by molar-refractivity contribution is 5.87. The van der Waals surface area contributed by atoms with E-state index in [-0.39, 0.29) is 30.5 Å². The Bertz CT molecular complexity index is 273. The smallest absolute Gasteiger partial charge is 0.252 e. The number of hydrogen-bond acceptors (Lipinski definition) is 3. The summed E-state index contributed by atoms with van der Waals surface area (Å²) in [6.07, 6.45) is 1.34. The molecule has 0 spiro atoms. The SMILES string of the molecule is CCN(CC(=O)NC(C)C)C(=O)C1CCCO1. The number of amides is 2. The maximum absolute atomic E-state index is 12.0. The van der Waals surface area contributed by atoms with E-state index >= 15 is 0 Å². The number of carbonyl (C=O) groups excluding carboxylic acids is 2. The van der Waals surface area contributed by atoms with E-state index in [1.807, 2.05) is 20.8 Å². The summed E-state index contributed by atoms with van der Waals surface area (Å²) in [5, 5.41) is 2.78. The van der Waals surface area contributed by atoms with Crippen molar-refractivity contribution >= 4 is 11.8 Å². The van der Waals surface area contributed by atoms with E-state index in [1.54, 1.807) is 4.90 Å². The van der Waals surface area contributed by atoms with Crippen LogP contribution < -0.4 is 5.32 Å². The lowest BCUT2D eigenvalue weighted by atomic mass is 10.2. The standard InChI is InChI=1S/C12H22N2O3/c1-4-14(8-11(15)13-9(2)3)12(16)10-6-5-7-17-10/h9-10H,4-8H2,1-3H3,(H,13,15). The van der Waals surface area contributed by atoms with Gasteiger partial charge in [-0.15, -0.1) is 0 Å². The number of ether oxygens (including phenoxy) is 1. The molecule has 98 valence electrons. The van der Waals surface area contributed by atoms with E-state index in [4.69, 9.17) is 4.74 Å². The van der Waals surface area contributed by atoms with Crippen LogP contribution in [0.3, 0.4) is 0 Å². The highest BCUT2D eigenvalue weighted by atomic mass is 16.5. The predicted molar refractivity (Wildman–Crippen MR) is 64.5 cm³/mol. The Balaban J connectivity index is 2.46. The molecule has 5 heteroatoms. The molecule has 1 heterocycles. The largest absolute Gasteiger partial charge is 0.368 e. The van der Waals surface area contributed by atoms with Gasteiger partial charge in [-0.3, -0.25) is 9.59 Å². The Morgan fingerprint density at radius 3 is 2.65 bits per heavy atom. The van der Waals surface area contributed by atoms with Crippen molar-refractivity contribution in [2.24, 2.45) is 0 Å². The molecule has 0 aromatic rings. The third-order valence-electron chi connectivity index (χ3n) is 2.68. The van der Waals surface area contributed by atoms with Crippen molar-refractivity contribution in [3.8, 4) is 0 Å². The number of hydrogen-bond donors (Lipinski definition) is 1. The molecule has 1 saturated heterocycles. The van der Waals surface area contributed by atoms with Crippen molar-refractivity contribution < 1.29 is 14.3 Å². The molecule has 1 rings (SSSR count). The van der Waals surface area contributed by atoms with Crippen LogP contribution in [0.15, 0.2) is 0 Å². The normalized spacial score (nSPS) is 19.4. The summed E-state index contributed by atoms with van der Waals surface area (Å²) in [6.45, 7) is 6.96. The van der Waals surface area contributed by atoms with Gasteiger partial charge in [0.05, 0.1) is 6.54 Å². The minimum Gasteiger partial charge on any atom is -0.368 e. The predicted octanol–water partition coefficient (Wildman–Crippen LogP) is 0.539. The van der Waals surface area contributed by atoms with Crippen molar-refractivity contribution in [1.29, 1.82) is 0 Å². The maximum atomic E-state index is 12.0. The van der Waals surface area contributed by atoms with Gasteiger partial charge in [-0.05, 0) is 33.6 Å². The van der Waals surface area contributed by atoms with Crippen molar-refractivity contribution in [2.75, 3.05) is 19.7 Å². The monoisotopic (exact) mass is 242 g/mol. The molecule has 1 N–H and O–H groups in total. The van der Waals surface area contributed by atoms with Crippen LogP contribution >= 0.6 is 0 Å². The van der Waals surface area contributed by atoms with Crippen molar-refractivity contribution in [3.05, 3.63) is 0 Å². The molecule has 5 nitrogen and oxygen atoms in total. The van der Waals surface area contributed by atoms with E-state index in [1.165, 1.54) is 0 Å². The van der Waals surface area contributed by atoms with Crippen LogP contribution in [0.25, 0.3) is 0 Å². The molecule has 1 fully saturated rings. The highest BCUT2D eigenvalue weighted by Gasteiger charge is 2.28. The number of carbonyl (C=O) groups is 2. The van der Waals surface area contributed by atoms with Gasteiger partial charge >= 0.3 is 0 Å². The minimum absolute atomic E-state index is 0.0658. The molecule has 0 bridgehead atoms. The van der Waals surface area contributed by atoms with Crippen molar-refractivity contribution in [2.45, 2.75) is 45.8 Å². The zero-order valence-corrected chi connectivity index (χ0v) is 10.9. The van der Waals surface area contributed by atoms with Gasteiger partial charge in [0.25, 0.3) is 5.91 Å². The summed E-state index contributed by atoms with van der Waals surface area (Å²) >= 11 is 0. The summed E-state index contributed by atoms with van der Waals surface area (Å²) in [4.78, 5) is 25.2. The van der Waals surface area contributed by atoms with Crippen LogP contribution in [0.2, 0.25) is 0 Å². The summed E-state index contributed by atoms with van der Waals surface area (Å²) in [7, 11) is 0. The summed E-state index contributed by atoms with van der Waals surface area (Å²) in [6, 6.07) is 0.0963. The molecule has 1 unspecified atom stereocenters. The van der Waals surface area contributed by atoms with Crippen LogP contribution in [0.1, 0.15) is 33.6 Å². The molecule has 0 aromatic heterocycles. The molecule has 0 radical (unpaired) electrons. The Kier molecular flexibility index (Phi) is 5.41. The third kappa shape index (κ3) is 4.34. The van der Waals surface area contributed by atoms with Crippen LogP contribution in [-0.2, 0) is 14.3 Å². The van der Waals surface area contributed by atoms with Crippen LogP contribution in [0.5, 0.6) is 0 Å². The molecule has 0 aromatic carbocycles. The second-order valence-corrected chi connectivity index (χ2v) is 4.58. The summed E-state index contributed by atoms with van der Waals surface area (Å²) in [5.74, 6) is -0.183. The van der Waals surface area contributed by atoms with Crippen molar-refractivity contribution in [1.82, 2.24) is 10.2 Å². The number of likely N-dealkylation sites (N-methyl/N-ethyl adjacent to an activating group) is 1. The number of rotatable bonds is 5. The van der Waals surface area contributed by atoms with Gasteiger partial charge in [0.1, 0.15) is 6.10 Å². The van der Waals surface area contributed by atoms with Crippen LogP contribution in [0.4, 0.5) is 0 Å². The Morgan fingerprint density at radius 2 is 2.18 bits per heavy atom. The van der Waals surface area contributed by atoms with E-state index in [9.17, 15) is 9.59 Å². The second kappa shape index (κ2) is 6.59. The van der Waals surface area contributed by atoms with Gasteiger partial charge in [0.15, 0.2) is 0 Å². The van der Waals surface area contributed by atoms with Crippen LogP contribution in [0, 0.1) is 0 Å². The number of nitrogens with one attached hydrogen (secondary N) is 1. The van der Waals surface area contributed by atoms with Crippen LogP contribution in [-0.4, -0.2) is 48.6 Å². The summed E-state index contributed by atoms with van der Waals surface area (Å²) < 4.78 is 5.34. The molecule has 1 aliphatic heterocycles. The zero-order valence-electron chi connectivity index (χ0n) is 10.9. The quantitative estimate of drug-likeness (QED) is 0.765. The topological polar surface area (TPSA) is 58.6 Å². The van der Waals surface area contributed by atoms with E-state index in [2.05, 4.69) is 5.32 Å². The Morgan fingerprint density at radius 1 is 1.47 bits per heavy atom. The summed E-state index contributed by atoms with van der Waals surface area (Å²) in [5.41, 5.74) is 0. The third-order valence-corrected chi connectivity index (χ3v) is 2.68. The molecule has 1 aliphatic rings. The fourth-order valence-electron chi connectivity index (χ4n) is 1.86. The van der Waals surface area contributed by atoms with Gasteiger partial charge in [0, 0.05) is 19.2 Å². The average Bonchev–Trinajstić information content (AvgIpc) is 2.77. The minimum atomic E-state index is -0.346. The lowest BCUT2D eigenvalue weighted by Crippen LogP contribution is -2.46. The molecule has 17 heavy (non-hydrogen) atoms. The molecular formula is C12H22N2O3. The first-order valence-electron chi connectivity index (χ1n) is 6.24. The van der Waals surface area contributed by atoms with Gasteiger partial charge in [-0.25, -0.2) is 0 Å². The van der Waals surface area contributed by atoms with Gasteiger partial charge in [0.2, 0.25) is 5.91 Å². The molecular weight excluding hydrogens is 220 g/mol. The second-order valence-electron chi connectivity index (χ2n) is 4.58. The molecule has 2 amide bonds. The average molecular weight is 242 g/mol. The fourth-order valence-corrected chi connectivity index (χ4v) is 1.86. The molecule has 0 saturated carbocycles. The van der Waals surface area contributed by atoms with E-state index < -0.39 is 0 Å². The first-order chi connectivity index (χ1) is 8.04. The zero-order chi connectivity index (χ0) is 12.8. The molecule has 1 atom stereocenters. The lowest BCUT2D eigenvalue weighted by Gasteiger charge is -2.23. The Hall–Kier alpha value is -1.10. The Labute approximate surface area is 102 Å². The van der Waals surface area contributed by atoms with Gasteiger partial charge < -0.3 is 15.0 Å². The van der Waals surface area contributed by atoms with Gasteiger partial charge in [-0.2, -0.15) is 0 Å². The first kappa shape index (κ1) is 14.0. The van der Waals surface area contributed by atoms with Gasteiger partial charge in [-0.1, -0.05) is 0 Å². The number of nitrogens with zero attached hydrogens (tertiary/aromatic N) is 1.